The van der Waals surface area contributed by atoms with Gasteiger partial charge in [-0.05, 0) is 42.8 Å². The van der Waals surface area contributed by atoms with Gasteiger partial charge in [-0.2, -0.15) is 0 Å². The predicted molar refractivity (Wildman–Crippen MR) is 118 cm³/mol. The van der Waals surface area contributed by atoms with E-state index in [9.17, 15) is 4.79 Å². The van der Waals surface area contributed by atoms with E-state index >= 15 is 0 Å². The molecule has 3 aromatic rings. The molecule has 2 aromatic carbocycles. The number of aryl methyl sites for hydroxylation is 1. The number of nitrogens with zero attached hydrogens (tertiary/aromatic N) is 2. The van der Waals surface area contributed by atoms with E-state index in [1.54, 1.807) is 7.11 Å². The van der Waals surface area contributed by atoms with Crippen LogP contribution >= 0.6 is 0 Å². The van der Waals surface area contributed by atoms with E-state index in [0.717, 1.165) is 72.1 Å². The lowest BCUT2D eigenvalue weighted by Gasteiger charge is -2.34. The zero-order valence-electron chi connectivity index (χ0n) is 17.9. The third kappa shape index (κ3) is 3.98. The number of piperazine rings is 1. The molecule has 162 valence electrons. The highest BCUT2D eigenvalue weighted by molar-refractivity contribution is 6.10. The molecule has 0 radical (unpaired) electrons. The number of aromatic amines is 1. The van der Waals surface area contributed by atoms with E-state index in [0.29, 0.717) is 13.3 Å². The number of carbonyl (C=O) groups is 1. The lowest BCUT2D eigenvalue weighted by atomic mass is 10.1. The van der Waals surface area contributed by atoms with Gasteiger partial charge in [-0.15, -0.1) is 0 Å². The van der Waals surface area contributed by atoms with Crippen molar-refractivity contribution in [2.45, 2.75) is 13.5 Å². The number of methoxy groups -OCH3 is 1. The first-order valence-electron chi connectivity index (χ1n) is 10.6. The number of rotatable bonds is 6. The lowest BCUT2D eigenvalue weighted by molar-refractivity contribution is 0.0844. The van der Waals surface area contributed by atoms with Crippen molar-refractivity contribution in [2.24, 2.45) is 0 Å². The molecule has 0 saturated carbocycles. The van der Waals surface area contributed by atoms with Gasteiger partial charge in [-0.25, -0.2) is 0 Å². The van der Waals surface area contributed by atoms with Crippen LogP contribution in [0.4, 0.5) is 0 Å². The Morgan fingerprint density at radius 3 is 2.61 bits per heavy atom. The average Bonchev–Trinajstić information content (AvgIpc) is 3.37. The predicted octanol–water partition coefficient (Wildman–Crippen LogP) is 3.21. The van der Waals surface area contributed by atoms with Gasteiger partial charge in [-0.1, -0.05) is 6.07 Å². The number of benzene rings is 2. The van der Waals surface area contributed by atoms with Crippen LogP contribution in [0, 0.1) is 6.92 Å². The van der Waals surface area contributed by atoms with Gasteiger partial charge < -0.3 is 19.2 Å². The van der Waals surface area contributed by atoms with Crippen LogP contribution in [0.1, 0.15) is 21.6 Å². The minimum atomic E-state index is 0.154. The summed E-state index contributed by atoms with van der Waals surface area (Å²) in [5.74, 6) is 2.56. The molecule has 3 heterocycles. The summed E-state index contributed by atoms with van der Waals surface area (Å²) in [5.41, 5.74) is 3.87. The number of fused-ring (bicyclic) bond motifs is 2. The van der Waals surface area contributed by atoms with Crippen LogP contribution < -0.4 is 14.2 Å². The van der Waals surface area contributed by atoms with Crippen LogP contribution in [-0.2, 0) is 6.54 Å². The number of hydrogen-bond donors (Lipinski definition) is 1. The Labute approximate surface area is 181 Å². The highest BCUT2D eigenvalue weighted by Gasteiger charge is 2.23. The van der Waals surface area contributed by atoms with Gasteiger partial charge in [0.1, 0.15) is 5.75 Å². The molecule has 5 rings (SSSR count). The van der Waals surface area contributed by atoms with Gasteiger partial charge in [-0.3, -0.25) is 14.6 Å². The molecule has 0 atom stereocenters. The van der Waals surface area contributed by atoms with Crippen molar-refractivity contribution >= 4 is 16.7 Å². The van der Waals surface area contributed by atoms with Gasteiger partial charge in [0.05, 0.1) is 13.7 Å². The van der Waals surface area contributed by atoms with Crippen LogP contribution in [0.3, 0.4) is 0 Å². The van der Waals surface area contributed by atoms with Crippen molar-refractivity contribution in [3.63, 3.8) is 0 Å². The van der Waals surface area contributed by atoms with Gasteiger partial charge in [0.2, 0.25) is 6.79 Å². The summed E-state index contributed by atoms with van der Waals surface area (Å²) in [6.07, 6.45) is 0. The van der Waals surface area contributed by atoms with E-state index in [1.807, 2.05) is 31.2 Å². The van der Waals surface area contributed by atoms with Crippen molar-refractivity contribution in [1.82, 2.24) is 14.8 Å². The maximum absolute atomic E-state index is 13.1. The third-order valence-corrected chi connectivity index (χ3v) is 6.15. The first kappa shape index (κ1) is 19.9. The fraction of sp³-hybridized carbons (Fsp3) is 0.375. The summed E-state index contributed by atoms with van der Waals surface area (Å²) in [7, 11) is 1.64. The number of Topliss-reactive ketones (excluding diaryl/α,β-unsaturated/α-hetero) is 1. The molecule has 1 fully saturated rings. The SMILES string of the molecule is COc1ccc2[nH]c(C)c(C(=O)CN3CCN(Cc4ccc5c(c4)OCO5)CC3)c2c1. The van der Waals surface area contributed by atoms with Crippen molar-refractivity contribution in [3.05, 3.63) is 53.2 Å². The second-order valence-corrected chi connectivity index (χ2v) is 8.20. The molecule has 1 saturated heterocycles. The summed E-state index contributed by atoms with van der Waals surface area (Å²) in [5, 5.41) is 0.934. The topological polar surface area (TPSA) is 67.0 Å². The van der Waals surface area contributed by atoms with Crippen LogP contribution in [0.15, 0.2) is 36.4 Å². The summed E-state index contributed by atoms with van der Waals surface area (Å²) >= 11 is 0. The number of hydrogen-bond acceptors (Lipinski definition) is 6. The summed E-state index contributed by atoms with van der Waals surface area (Å²) in [6.45, 7) is 7.19. The zero-order valence-corrected chi connectivity index (χ0v) is 17.9. The van der Waals surface area contributed by atoms with Gasteiger partial charge >= 0.3 is 0 Å². The normalized spacial score (nSPS) is 16.7. The summed E-state index contributed by atoms with van der Waals surface area (Å²) in [6, 6.07) is 11.9. The lowest BCUT2D eigenvalue weighted by Crippen LogP contribution is -2.47. The highest BCUT2D eigenvalue weighted by Crippen LogP contribution is 2.33. The van der Waals surface area contributed by atoms with Crippen molar-refractivity contribution in [2.75, 3.05) is 46.6 Å². The molecule has 2 aliphatic rings. The van der Waals surface area contributed by atoms with Gasteiger partial charge in [0.25, 0.3) is 0 Å². The molecule has 0 unspecified atom stereocenters. The Bertz CT molecular complexity index is 1120. The maximum Gasteiger partial charge on any atom is 0.231 e. The summed E-state index contributed by atoms with van der Waals surface area (Å²) in [4.78, 5) is 21.1. The molecule has 1 aromatic heterocycles. The fourth-order valence-electron chi connectivity index (χ4n) is 4.48. The van der Waals surface area contributed by atoms with Crippen molar-refractivity contribution in [1.29, 1.82) is 0 Å². The minimum Gasteiger partial charge on any atom is -0.497 e. The van der Waals surface area contributed by atoms with Crippen LogP contribution in [0.25, 0.3) is 10.9 Å². The van der Waals surface area contributed by atoms with E-state index in [-0.39, 0.29) is 5.78 Å². The molecule has 0 bridgehead atoms. The Balaban J connectivity index is 1.20. The monoisotopic (exact) mass is 421 g/mol. The first-order valence-corrected chi connectivity index (χ1v) is 10.6. The second-order valence-electron chi connectivity index (χ2n) is 8.20. The number of ketones is 1. The Hall–Kier alpha value is -3.03. The molecule has 31 heavy (non-hydrogen) atoms. The van der Waals surface area contributed by atoms with Crippen molar-refractivity contribution in [3.8, 4) is 17.2 Å². The molecular weight excluding hydrogens is 394 g/mol. The summed E-state index contributed by atoms with van der Waals surface area (Å²) < 4.78 is 16.2. The standard InChI is InChI=1S/C24H27N3O4/c1-16-24(19-12-18(29-2)4-5-20(19)25-16)21(28)14-27-9-7-26(8-10-27)13-17-3-6-22-23(11-17)31-15-30-22/h3-6,11-12,25H,7-10,13-15H2,1-2H3. The van der Waals surface area contributed by atoms with Gasteiger partial charge in [0, 0.05) is 54.9 Å². The molecule has 0 spiro atoms. The van der Waals surface area contributed by atoms with Crippen LogP contribution in [0.5, 0.6) is 17.2 Å². The molecule has 7 heteroatoms. The Morgan fingerprint density at radius 2 is 1.81 bits per heavy atom. The zero-order chi connectivity index (χ0) is 21.4. The molecule has 0 amide bonds. The first-order chi connectivity index (χ1) is 15.1. The number of H-pyrrole nitrogens is 1. The number of nitrogens with one attached hydrogen (secondary N) is 1. The molecule has 0 aliphatic carbocycles. The Morgan fingerprint density at radius 1 is 1.03 bits per heavy atom. The fourth-order valence-corrected chi connectivity index (χ4v) is 4.48. The Kier molecular flexibility index (Phi) is 5.29. The largest absolute Gasteiger partial charge is 0.497 e. The molecule has 2 aliphatic heterocycles. The second kappa shape index (κ2) is 8.24. The van der Waals surface area contributed by atoms with Crippen LogP contribution in [-0.4, -0.2) is 67.2 Å². The van der Waals surface area contributed by atoms with Gasteiger partial charge in [0.15, 0.2) is 17.3 Å². The molecular formula is C24H27N3O4. The van der Waals surface area contributed by atoms with E-state index in [4.69, 9.17) is 14.2 Å². The highest BCUT2D eigenvalue weighted by atomic mass is 16.7. The van der Waals surface area contributed by atoms with Crippen LogP contribution in [0.2, 0.25) is 0 Å². The number of aromatic nitrogens is 1. The average molecular weight is 421 g/mol. The van der Waals surface area contributed by atoms with E-state index in [1.165, 1.54) is 5.56 Å². The smallest absolute Gasteiger partial charge is 0.231 e. The van der Waals surface area contributed by atoms with Crippen molar-refractivity contribution < 1.29 is 19.0 Å². The molecule has 1 N–H and O–H groups in total. The van der Waals surface area contributed by atoms with E-state index in [2.05, 4.69) is 26.9 Å². The number of ether oxygens (including phenoxy) is 3. The maximum atomic E-state index is 13.1. The number of carbonyl (C=O) groups excluding carboxylic acids is 1. The molecule has 7 nitrogen and oxygen atoms in total. The quantitative estimate of drug-likeness (QED) is 0.617. The van der Waals surface area contributed by atoms with E-state index < -0.39 is 0 Å². The third-order valence-electron chi connectivity index (χ3n) is 6.15. The minimum absolute atomic E-state index is 0.154.